The number of ether oxygens (including phenoxy) is 9. The number of nitriles is 1. The quantitative estimate of drug-likeness (QED) is 0.0174. The van der Waals surface area contributed by atoms with Gasteiger partial charge in [0.1, 0.15) is 57.4 Å². The minimum absolute atomic E-state index is 0.0205. The molecule has 10 heterocycles. The highest BCUT2D eigenvalue weighted by molar-refractivity contribution is 7.86. The van der Waals surface area contributed by atoms with Gasteiger partial charge < -0.3 is 97.6 Å². The van der Waals surface area contributed by atoms with Crippen molar-refractivity contribution in [3.8, 4) is 6.19 Å². The number of amides is 6. The molecule has 14 atom stereocenters. The Kier molecular flexibility index (Phi) is 37.1. The van der Waals surface area contributed by atoms with Gasteiger partial charge in [0.2, 0.25) is 0 Å². The second kappa shape index (κ2) is 47.7. The van der Waals surface area contributed by atoms with Gasteiger partial charge in [0.05, 0.1) is 87.1 Å². The largest absolute Gasteiger partial charge is 0.444 e. The number of hydrogen-bond donors (Lipinski definition) is 2. The first-order valence-corrected chi connectivity index (χ1v) is 54.4. The Balaban J connectivity index is 0.000000145. The minimum atomic E-state index is -3.86. The predicted octanol–water partition coefficient (Wildman–Crippen LogP) is 17.3. The zero-order chi connectivity index (χ0) is 106. The number of anilines is 2. The summed E-state index contributed by atoms with van der Waals surface area (Å²) in [5.74, 6) is 5.00. The first-order valence-electron chi connectivity index (χ1n) is 53.0. The van der Waals surface area contributed by atoms with E-state index in [1.54, 1.807) is 82.8 Å². The average Bonchev–Trinajstić information content (AvgIpc) is 1.61. The second-order valence-electron chi connectivity index (χ2n) is 48.7. The molecule has 10 saturated heterocycles. The molecule has 6 amide bonds. The number of Topliss-reactive ketones (excluding diaryl/α,β-unsaturated/α-hetero) is 2. The molecule has 2 unspecified atom stereocenters. The Bertz CT molecular complexity index is 5140. The molecule has 16 aliphatic rings. The van der Waals surface area contributed by atoms with Crippen molar-refractivity contribution < 1.29 is 107 Å². The van der Waals surface area contributed by atoms with Gasteiger partial charge in [0, 0.05) is 138 Å². The smallest absolute Gasteiger partial charge is 0.410 e. The zero-order valence-electron chi connectivity index (χ0n) is 89.4. The number of likely N-dealkylation sites (tertiary alicyclic amines) is 7. The summed E-state index contributed by atoms with van der Waals surface area (Å²) in [5.41, 5.74) is 14.6. The predicted molar refractivity (Wildman–Crippen MR) is 544 cm³/mol. The molecular formula is C108H162F2N14O21S. The van der Waals surface area contributed by atoms with Crippen LogP contribution < -0.4 is 15.5 Å². The lowest BCUT2D eigenvalue weighted by atomic mass is 9.86. The zero-order valence-corrected chi connectivity index (χ0v) is 90.3. The minimum Gasteiger partial charge on any atom is -0.444 e. The van der Waals surface area contributed by atoms with Crippen molar-refractivity contribution in [3.05, 3.63) is 99.4 Å². The summed E-state index contributed by atoms with van der Waals surface area (Å²) < 4.78 is 108. The summed E-state index contributed by atoms with van der Waals surface area (Å²) in [6.07, 6.45) is 15.0. The first kappa shape index (κ1) is 114. The van der Waals surface area contributed by atoms with Crippen LogP contribution in [0.2, 0.25) is 0 Å². The highest BCUT2D eigenvalue weighted by atomic mass is 32.2. The number of benzene rings is 3. The monoisotopic (exact) mass is 2060 g/mol. The van der Waals surface area contributed by atoms with E-state index in [4.69, 9.17) is 58.1 Å². The lowest BCUT2D eigenvalue weighted by Crippen LogP contribution is -2.37. The van der Waals surface area contributed by atoms with Crippen LogP contribution in [0, 0.1) is 113 Å². The number of rotatable bonds is 18. The summed E-state index contributed by atoms with van der Waals surface area (Å²) in [6.45, 7) is 48.6. The van der Waals surface area contributed by atoms with Crippen LogP contribution in [0.3, 0.4) is 0 Å². The molecule has 10 aliphatic heterocycles. The number of aliphatic hydroxyl groups is 1. The molecule has 35 nitrogen and oxygen atoms in total. The number of azide groups is 1. The standard InChI is InChI=1S/C24H33FN2O4.C20H24FN3O2.C19H27NO5S.C12H20N4O2.C12H22N2O2.C12H21NO3.C9H15NO3/c1-24(2,3)31-23(29)27-14-18(19(15-27)16-4-5-16)13-22(28)17-6-7-21(20(25)12-17)26-8-10-30-11-9-26;21-18-9-15(3-4-19(18)24-5-7-26-8-6-24)20(25)10-16-11-23(13-22)12-17(16)14-1-2-14;1-13-5-9-15(10-6-13)26(22,23)25-17-12-20(11-16(17)14-7-8-14)18(21)24-19(2,3)4;1-12(2,3)18-11(17)16-6-9(8-4-5-8)10(7-16)14-15-13;1-12(2,3)16-11(15)14-6-9(8-4-5-8)10(13)7-14;1-12(2,3)16-11(15)13-6-9(8-4-5-8)10(14)7-13;1-9(2,3)13-8(11)10-4-6-7(5-10)12-6/h6-7,12,16,18-19H,4-5,8-11,13-15H2,1-3H3;3-4,9,14,16-17H,1-2,5-8,10-12H2;5-6,9-10,14,16-17H,7-8,11-12H2,1-4H3;8-10H,4-7H2,1-3H3;8-10H,4-7,13H2,1-3H3;8-10,14H,4-7H2,1-3H3;6-7H,4-5H2,1-3H3/t18-,19-;16-,17-;16-,17+;9-,10+;9-,10-;9-,10+;/m000000./s1. The molecule has 16 fully saturated rings. The van der Waals surface area contributed by atoms with Gasteiger partial charge in [-0.2, -0.15) is 13.7 Å². The third kappa shape index (κ3) is 34.2. The second-order valence-corrected chi connectivity index (χ2v) is 50.3. The van der Waals surface area contributed by atoms with Crippen LogP contribution in [0.1, 0.15) is 241 Å². The van der Waals surface area contributed by atoms with E-state index in [0.29, 0.717) is 213 Å². The molecule has 6 aliphatic carbocycles. The maximum atomic E-state index is 14.7. The molecule has 19 rings (SSSR count). The van der Waals surface area contributed by atoms with E-state index in [0.717, 1.165) is 50.3 Å². The summed E-state index contributed by atoms with van der Waals surface area (Å²) in [6, 6.07) is 16.3. The molecule has 6 saturated carbocycles. The Labute approximate surface area is 861 Å². The van der Waals surface area contributed by atoms with Gasteiger partial charge in [-0.1, -0.05) is 22.8 Å². The van der Waals surface area contributed by atoms with E-state index >= 15 is 0 Å². The number of epoxide rings is 1. The third-order valence-electron chi connectivity index (χ3n) is 29.2. The number of carbonyl (C=O) groups excluding carboxylic acids is 8. The average molecular weight is 2060 g/mol. The number of nitrogens with zero attached hydrogens (tertiary/aromatic N) is 13. The summed E-state index contributed by atoms with van der Waals surface area (Å²) in [5, 5.41) is 22.9. The van der Waals surface area contributed by atoms with Crippen LogP contribution in [-0.4, -0.2) is 310 Å². The molecule has 3 aromatic rings. The number of morpholine rings is 3. The number of carbonyl (C=O) groups is 8. The number of nitrogens with two attached hydrogens (primary N) is 1. The van der Waals surface area contributed by atoms with Gasteiger partial charge in [-0.3, -0.25) is 13.8 Å². The topological polar surface area (TPSA) is 414 Å². The Morgan fingerprint density at radius 3 is 1.18 bits per heavy atom. The number of ketones is 2. The van der Waals surface area contributed by atoms with Gasteiger partial charge in [0.15, 0.2) is 17.8 Å². The number of β-amino-alcohol motifs (C(OH)–C–C–N with tert-alkyl or cyclic N) is 1. The molecule has 3 aromatic carbocycles. The van der Waals surface area contributed by atoms with Gasteiger partial charge in [0.25, 0.3) is 10.1 Å². The maximum absolute atomic E-state index is 14.7. The van der Waals surface area contributed by atoms with E-state index in [2.05, 4.69) is 16.2 Å². The Hall–Kier alpha value is -9.61. The molecule has 146 heavy (non-hydrogen) atoms. The van der Waals surface area contributed by atoms with E-state index in [9.17, 15) is 65.9 Å². The van der Waals surface area contributed by atoms with Crippen LogP contribution in [0.25, 0.3) is 10.4 Å². The van der Waals surface area contributed by atoms with Crippen molar-refractivity contribution in [2.24, 2.45) is 93.7 Å². The fraction of sp³-hybridized carbons (Fsp3) is 0.750. The van der Waals surface area contributed by atoms with Crippen LogP contribution in [-0.2, 0) is 56.9 Å². The van der Waals surface area contributed by atoms with Crippen molar-refractivity contribution in [1.29, 1.82) is 5.26 Å². The SMILES string of the molecule is CC(C)(C)OC(=O)N1CC2OC2C1.CC(C)(C)OC(=O)N1C[C@@H](N=[N+]=[N-])[C@H](C2CC2)C1.CC(C)(C)OC(=O)N1C[C@@H](O)[C@H](C2CC2)C1.CC(C)(C)OC(=O)N1C[C@H](CC(=O)c2ccc(N3CCOCC3)c(F)c2)[C@H](C2CC2)C1.CC(C)(C)OC(=O)N1C[C@H](N)[C@H](C2CC2)C1.Cc1ccc(S(=O)(=O)O[C@@H]2CN(C(=O)OC(C)(C)C)C[C@H]2C2CC2)cc1.N#CN1C[C@H](CC(=O)c2ccc(N3CCOCC3)c(F)c2)[C@H](C2CC2)C1. The van der Waals surface area contributed by atoms with Gasteiger partial charge in [-0.25, -0.2) is 37.5 Å². The van der Waals surface area contributed by atoms with Crippen molar-refractivity contribution >= 4 is 69.6 Å². The summed E-state index contributed by atoms with van der Waals surface area (Å²) >= 11 is 0. The van der Waals surface area contributed by atoms with E-state index in [1.165, 1.54) is 63.5 Å². The van der Waals surface area contributed by atoms with Crippen LogP contribution in [0.5, 0.6) is 0 Å². The Morgan fingerprint density at radius 1 is 0.438 bits per heavy atom. The van der Waals surface area contributed by atoms with E-state index in [-0.39, 0.29) is 119 Å². The summed E-state index contributed by atoms with van der Waals surface area (Å²) in [4.78, 5) is 117. The number of fused-ring (bicyclic) bond motifs is 1. The van der Waals surface area contributed by atoms with Crippen LogP contribution >= 0.6 is 0 Å². The fourth-order valence-electron chi connectivity index (χ4n) is 20.9. The Morgan fingerprint density at radius 2 is 0.774 bits per heavy atom. The van der Waals surface area contributed by atoms with Gasteiger partial charge in [-0.05, 0) is 334 Å². The van der Waals surface area contributed by atoms with Gasteiger partial charge in [-0.15, -0.1) is 0 Å². The third-order valence-corrected chi connectivity index (χ3v) is 30.5. The van der Waals surface area contributed by atoms with E-state index in [1.807, 2.05) is 141 Å². The molecular weight excluding hydrogens is 1900 g/mol. The molecule has 3 N–H and O–H groups in total. The number of halogens is 2. The van der Waals surface area contributed by atoms with Crippen molar-refractivity contribution in [2.45, 2.75) is 296 Å². The maximum Gasteiger partial charge on any atom is 0.410 e. The lowest BCUT2D eigenvalue weighted by Gasteiger charge is -2.29. The van der Waals surface area contributed by atoms with Crippen molar-refractivity contribution in [3.63, 3.8) is 0 Å². The van der Waals surface area contributed by atoms with Crippen molar-refractivity contribution in [1.82, 2.24) is 34.3 Å². The molecule has 0 bridgehead atoms. The summed E-state index contributed by atoms with van der Waals surface area (Å²) in [7, 11) is -3.86. The lowest BCUT2D eigenvalue weighted by molar-refractivity contribution is 0.0225. The van der Waals surface area contributed by atoms with Crippen LogP contribution in [0.4, 0.5) is 48.9 Å². The fourth-order valence-corrected chi connectivity index (χ4v) is 22.1. The number of hydrogen-bond acceptors (Lipinski definition) is 27. The first-order chi connectivity index (χ1) is 68.5. The highest BCUT2D eigenvalue weighted by Gasteiger charge is 2.53. The van der Waals surface area contributed by atoms with E-state index < -0.39 is 55.9 Å². The molecule has 0 aromatic heterocycles. The molecule has 38 heteroatoms. The molecule has 0 spiro atoms. The number of aryl methyl sites for hydroxylation is 1. The number of aliphatic hydroxyl groups excluding tert-OH is 1. The van der Waals surface area contributed by atoms with Crippen LogP contribution in [0.15, 0.2) is 70.7 Å². The highest BCUT2D eigenvalue weighted by Crippen LogP contribution is 2.50. The normalized spacial score (nSPS) is 27.0. The molecule has 810 valence electrons. The van der Waals surface area contributed by atoms with Crippen molar-refractivity contribution in [2.75, 3.05) is 154 Å². The van der Waals surface area contributed by atoms with Gasteiger partial charge >= 0.3 is 36.6 Å². The molecule has 0 radical (unpaired) electrons.